The second kappa shape index (κ2) is 7.05. The summed E-state index contributed by atoms with van der Waals surface area (Å²) < 4.78 is 16.0. The predicted octanol–water partition coefficient (Wildman–Crippen LogP) is 2.27. The summed E-state index contributed by atoms with van der Waals surface area (Å²) in [4.78, 5) is 24.7. The van der Waals surface area contributed by atoms with E-state index in [0.717, 1.165) is 5.56 Å². The molecule has 0 radical (unpaired) electrons. The van der Waals surface area contributed by atoms with Gasteiger partial charge in [-0.1, -0.05) is 44.2 Å². The van der Waals surface area contributed by atoms with Crippen molar-refractivity contribution < 1.29 is 28.9 Å². The number of aliphatic hydroxyl groups excluding tert-OH is 1. The maximum atomic E-state index is 12.5. The van der Waals surface area contributed by atoms with E-state index in [-0.39, 0.29) is 5.76 Å². The zero-order valence-corrected chi connectivity index (χ0v) is 14.2. The van der Waals surface area contributed by atoms with Crippen molar-refractivity contribution in [3.8, 4) is 0 Å². The van der Waals surface area contributed by atoms with Crippen molar-refractivity contribution >= 4 is 18.0 Å². The predicted molar refractivity (Wildman–Crippen MR) is 86.4 cm³/mol. The van der Waals surface area contributed by atoms with Gasteiger partial charge >= 0.3 is 17.7 Å². The molecule has 1 saturated heterocycles. The lowest BCUT2D eigenvalue weighted by Gasteiger charge is -2.29. The van der Waals surface area contributed by atoms with E-state index in [1.54, 1.807) is 32.9 Å². The quantitative estimate of drug-likeness (QED) is 0.657. The first-order valence-electron chi connectivity index (χ1n) is 7.84. The maximum absolute atomic E-state index is 12.5. The average molecular weight is 334 g/mol. The van der Waals surface area contributed by atoms with Crippen molar-refractivity contribution in [2.24, 2.45) is 5.92 Å². The minimum Gasteiger partial charge on any atom is -0.454 e. The van der Waals surface area contributed by atoms with E-state index in [9.17, 15) is 14.7 Å². The second-order valence-corrected chi connectivity index (χ2v) is 6.08. The molecule has 130 valence electrons. The first-order valence-corrected chi connectivity index (χ1v) is 7.84. The Morgan fingerprint density at radius 1 is 1.17 bits per heavy atom. The zero-order chi connectivity index (χ0) is 17.9. The van der Waals surface area contributed by atoms with Crippen LogP contribution in [0.15, 0.2) is 36.1 Å². The summed E-state index contributed by atoms with van der Waals surface area (Å²) in [7, 11) is 0. The van der Waals surface area contributed by atoms with Gasteiger partial charge in [-0.2, -0.15) is 0 Å². The minimum atomic E-state index is -1.85. The molecule has 0 spiro atoms. The number of carbonyl (C=O) groups excluding carboxylic acids is 2. The number of carbonyl (C=O) groups is 2. The second-order valence-electron chi connectivity index (χ2n) is 6.08. The van der Waals surface area contributed by atoms with Crippen molar-refractivity contribution in [2.75, 3.05) is 0 Å². The lowest BCUT2D eigenvalue weighted by atomic mass is 10.0. The third-order valence-corrected chi connectivity index (χ3v) is 3.82. The molecule has 1 fully saturated rings. The van der Waals surface area contributed by atoms with Crippen molar-refractivity contribution in [3.63, 3.8) is 0 Å². The average Bonchev–Trinajstić information content (AvgIpc) is 2.86. The number of ether oxygens (including phenoxy) is 3. The van der Waals surface area contributed by atoms with Crippen molar-refractivity contribution in [3.05, 3.63) is 41.7 Å². The third kappa shape index (κ3) is 3.59. The lowest BCUT2D eigenvalue weighted by molar-refractivity contribution is -0.223. The van der Waals surface area contributed by atoms with Gasteiger partial charge in [0, 0.05) is 5.92 Å². The van der Waals surface area contributed by atoms with Crippen LogP contribution in [0.1, 0.15) is 33.3 Å². The molecule has 1 aliphatic heterocycles. The van der Waals surface area contributed by atoms with Gasteiger partial charge in [0.2, 0.25) is 5.76 Å². The van der Waals surface area contributed by atoms with E-state index in [4.69, 9.17) is 14.2 Å². The maximum Gasteiger partial charge on any atom is 0.393 e. The van der Waals surface area contributed by atoms with E-state index in [1.165, 1.54) is 13.0 Å². The van der Waals surface area contributed by atoms with Gasteiger partial charge in [-0.25, -0.2) is 9.59 Å². The number of aliphatic hydroxyl groups is 1. The molecule has 0 aliphatic carbocycles. The summed E-state index contributed by atoms with van der Waals surface area (Å²) in [5.41, 5.74) is 0.745. The van der Waals surface area contributed by atoms with E-state index in [2.05, 4.69) is 0 Å². The van der Waals surface area contributed by atoms with Crippen LogP contribution < -0.4 is 0 Å². The van der Waals surface area contributed by atoms with Crippen LogP contribution in [0.25, 0.3) is 6.08 Å². The van der Waals surface area contributed by atoms with Gasteiger partial charge in [0.25, 0.3) is 0 Å². The molecule has 3 atom stereocenters. The number of esters is 2. The Balaban J connectivity index is 2.27. The summed E-state index contributed by atoms with van der Waals surface area (Å²) >= 11 is 0. The van der Waals surface area contributed by atoms with Crippen LogP contribution in [0.4, 0.5) is 0 Å². The largest absolute Gasteiger partial charge is 0.454 e. The fourth-order valence-corrected chi connectivity index (χ4v) is 2.11. The fourth-order valence-electron chi connectivity index (χ4n) is 2.11. The van der Waals surface area contributed by atoms with Crippen molar-refractivity contribution in [1.82, 2.24) is 0 Å². The van der Waals surface area contributed by atoms with Gasteiger partial charge in [0.15, 0.2) is 0 Å². The molecule has 24 heavy (non-hydrogen) atoms. The standard InChI is InChI=1S/C18H22O6/c1-11(2)18(17(21)22-13(4)12(3)19)23-15(16(20)24-18)10-14-8-6-5-7-9-14/h5-13,19H,1-4H3/t12-,13+,18-/m0/s1. The topological polar surface area (TPSA) is 82.1 Å². The first-order chi connectivity index (χ1) is 11.3. The van der Waals surface area contributed by atoms with Gasteiger partial charge in [-0.05, 0) is 25.5 Å². The van der Waals surface area contributed by atoms with Crippen LogP contribution in [0.5, 0.6) is 0 Å². The smallest absolute Gasteiger partial charge is 0.393 e. The molecule has 0 bridgehead atoms. The molecule has 1 aromatic rings. The Kier molecular flexibility index (Phi) is 5.29. The number of hydrogen-bond acceptors (Lipinski definition) is 6. The molecule has 6 heteroatoms. The van der Waals surface area contributed by atoms with Crippen LogP contribution >= 0.6 is 0 Å². The normalized spacial score (nSPS) is 24.4. The Morgan fingerprint density at radius 3 is 2.33 bits per heavy atom. The summed E-state index contributed by atoms with van der Waals surface area (Å²) in [6, 6.07) is 9.09. The summed E-state index contributed by atoms with van der Waals surface area (Å²) in [6.07, 6.45) is -0.0927. The highest BCUT2D eigenvalue weighted by molar-refractivity contribution is 5.97. The molecule has 1 heterocycles. The molecule has 1 aliphatic rings. The molecule has 0 saturated carbocycles. The van der Waals surface area contributed by atoms with Gasteiger partial charge in [0.1, 0.15) is 6.10 Å². The Labute approximate surface area is 141 Å². The molecule has 2 rings (SSSR count). The van der Waals surface area contributed by atoms with Crippen LogP contribution in [0, 0.1) is 5.92 Å². The lowest BCUT2D eigenvalue weighted by Crippen LogP contribution is -2.48. The molecule has 1 aromatic carbocycles. The molecule has 0 amide bonds. The van der Waals surface area contributed by atoms with E-state index in [0.29, 0.717) is 0 Å². The SMILES string of the molecule is CC(C)[C@@]1(C(=O)O[C@H](C)[C@H](C)O)OC(=O)C(=Cc2ccccc2)O1. The molecule has 0 unspecified atom stereocenters. The van der Waals surface area contributed by atoms with Crippen LogP contribution in [-0.4, -0.2) is 35.0 Å². The summed E-state index contributed by atoms with van der Waals surface area (Å²) in [5, 5.41) is 9.50. The number of hydrogen-bond donors (Lipinski definition) is 1. The van der Waals surface area contributed by atoms with E-state index >= 15 is 0 Å². The van der Waals surface area contributed by atoms with Gasteiger partial charge < -0.3 is 19.3 Å². The molecule has 1 N–H and O–H groups in total. The molecular formula is C18H22O6. The summed E-state index contributed by atoms with van der Waals surface area (Å²) in [5.74, 6) is -3.95. The van der Waals surface area contributed by atoms with Crippen molar-refractivity contribution in [1.29, 1.82) is 0 Å². The number of benzene rings is 1. The molecule has 0 aromatic heterocycles. The zero-order valence-electron chi connectivity index (χ0n) is 14.2. The Hall–Kier alpha value is -2.34. The van der Waals surface area contributed by atoms with E-state index < -0.39 is 35.9 Å². The Bertz CT molecular complexity index is 634. The van der Waals surface area contributed by atoms with Gasteiger partial charge in [-0.15, -0.1) is 0 Å². The van der Waals surface area contributed by atoms with Crippen LogP contribution in [-0.2, 0) is 23.8 Å². The first kappa shape index (κ1) is 18.0. The monoisotopic (exact) mass is 334 g/mol. The highest BCUT2D eigenvalue weighted by Crippen LogP contribution is 2.36. The Morgan fingerprint density at radius 2 is 1.79 bits per heavy atom. The van der Waals surface area contributed by atoms with Crippen LogP contribution in [0.3, 0.4) is 0 Å². The van der Waals surface area contributed by atoms with Crippen molar-refractivity contribution in [2.45, 2.75) is 45.7 Å². The number of rotatable bonds is 5. The van der Waals surface area contributed by atoms with Gasteiger partial charge in [-0.3, -0.25) is 0 Å². The minimum absolute atomic E-state index is 0.0587. The highest BCUT2D eigenvalue weighted by Gasteiger charge is 2.57. The molecular weight excluding hydrogens is 312 g/mol. The highest BCUT2D eigenvalue weighted by atomic mass is 16.8. The van der Waals surface area contributed by atoms with Gasteiger partial charge in [0.05, 0.1) is 6.10 Å². The van der Waals surface area contributed by atoms with E-state index in [1.807, 2.05) is 18.2 Å². The fraction of sp³-hybridized carbons (Fsp3) is 0.444. The van der Waals surface area contributed by atoms with Crippen LogP contribution in [0.2, 0.25) is 0 Å². The molecule has 6 nitrogen and oxygen atoms in total. The summed E-state index contributed by atoms with van der Waals surface area (Å²) in [6.45, 7) is 6.43. The third-order valence-electron chi connectivity index (χ3n) is 3.82. The number of cyclic esters (lactones) is 1.